The Bertz CT molecular complexity index is 1410. The van der Waals surface area contributed by atoms with E-state index in [1.54, 1.807) is 36.4 Å². The average Bonchev–Trinajstić information content (AvgIpc) is 3.24. The quantitative estimate of drug-likeness (QED) is 0.405. The van der Waals surface area contributed by atoms with Gasteiger partial charge in [-0.2, -0.15) is 0 Å². The summed E-state index contributed by atoms with van der Waals surface area (Å²) in [6.45, 7) is 3.98. The number of hydrogen-bond acceptors (Lipinski definition) is 7. The van der Waals surface area contributed by atoms with Gasteiger partial charge in [-0.3, -0.25) is 14.8 Å². The largest absolute Gasteiger partial charge is 0.367 e. The van der Waals surface area contributed by atoms with E-state index >= 15 is 0 Å². The van der Waals surface area contributed by atoms with Crippen molar-refractivity contribution in [1.29, 1.82) is 0 Å². The zero-order valence-corrected chi connectivity index (χ0v) is 19.5. The number of halogens is 1. The van der Waals surface area contributed by atoms with E-state index in [0.29, 0.717) is 65.0 Å². The zero-order valence-electron chi connectivity index (χ0n) is 18.7. The Labute approximate surface area is 200 Å². The summed E-state index contributed by atoms with van der Waals surface area (Å²) >= 11 is 6.42. The Morgan fingerprint density at radius 1 is 1.09 bits per heavy atom. The number of hydrogen-bond donors (Lipinski definition) is 0. The van der Waals surface area contributed by atoms with Crippen LogP contribution in [0.3, 0.4) is 0 Å². The molecule has 34 heavy (non-hydrogen) atoms. The topological polar surface area (TPSA) is 95.4 Å². The number of aromatic nitrogens is 3. The number of aryl methyl sites for hydroxylation is 1. The normalized spacial score (nSPS) is 14.0. The Morgan fingerprint density at radius 3 is 2.59 bits per heavy atom. The maximum absolute atomic E-state index is 13.5. The van der Waals surface area contributed by atoms with Gasteiger partial charge in [0.2, 0.25) is 0 Å². The number of para-hydroxylation sites is 1. The van der Waals surface area contributed by atoms with Crippen LogP contribution in [0.5, 0.6) is 0 Å². The van der Waals surface area contributed by atoms with Gasteiger partial charge in [-0.25, -0.2) is 0 Å². The van der Waals surface area contributed by atoms with Crippen molar-refractivity contribution in [3.05, 3.63) is 70.0 Å². The van der Waals surface area contributed by atoms with Crippen molar-refractivity contribution in [3.8, 4) is 11.3 Å². The number of amides is 1. The molecule has 5 rings (SSSR count). The van der Waals surface area contributed by atoms with E-state index in [1.165, 1.54) is 7.05 Å². The molecule has 1 amide bonds. The lowest BCUT2D eigenvalue weighted by molar-refractivity contribution is -0.428. The average molecular weight is 478 g/mol. The number of benzene rings is 2. The van der Waals surface area contributed by atoms with Crippen LogP contribution < -0.4 is 4.90 Å². The third-order valence-electron chi connectivity index (χ3n) is 6.03. The van der Waals surface area contributed by atoms with E-state index in [0.717, 1.165) is 16.0 Å². The van der Waals surface area contributed by atoms with Crippen LogP contribution in [0.15, 0.2) is 53.3 Å². The van der Waals surface area contributed by atoms with Crippen LogP contribution in [-0.2, 0) is 0 Å². The monoisotopic (exact) mass is 477 g/mol. The standard InChI is InChI=1S/C24H22ClN6O3/c1-15-21(23(28-34-15)17-4-3-5-19-22(17)27-9-8-26-19)24(32)31-12-10-30(11-13-31)20-7-6-16(29(2)33)14-18(20)25/h3-9,14H,10-13H2,1-2H3/q+1. The second-order valence-corrected chi connectivity index (χ2v) is 8.51. The molecule has 3 heterocycles. The Hall–Kier alpha value is -3.85. The fourth-order valence-corrected chi connectivity index (χ4v) is 4.54. The molecule has 0 aliphatic carbocycles. The van der Waals surface area contributed by atoms with E-state index in [-0.39, 0.29) is 5.91 Å². The van der Waals surface area contributed by atoms with Gasteiger partial charge in [-0.1, -0.05) is 28.9 Å². The molecule has 0 bridgehead atoms. The number of piperazine rings is 1. The summed E-state index contributed by atoms with van der Waals surface area (Å²) in [5.74, 6) is 0.326. The van der Waals surface area contributed by atoms with Crippen molar-refractivity contribution in [2.24, 2.45) is 0 Å². The fraction of sp³-hybridized carbons (Fsp3) is 0.250. The first-order valence-electron chi connectivity index (χ1n) is 10.8. The second kappa shape index (κ2) is 8.83. The summed E-state index contributed by atoms with van der Waals surface area (Å²) in [6, 6.07) is 10.8. The smallest absolute Gasteiger partial charge is 0.259 e. The number of fused-ring (bicyclic) bond motifs is 1. The molecule has 10 heteroatoms. The minimum absolute atomic E-state index is 0.135. The molecule has 1 aliphatic heterocycles. The Kier molecular flexibility index (Phi) is 5.70. The Balaban J connectivity index is 1.38. The summed E-state index contributed by atoms with van der Waals surface area (Å²) < 4.78 is 6.22. The highest BCUT2D eigenvalue weighted by Gasteiger charge is 2.30. The van der Waals surface area contributed by atoms with Crippen molar-refractivity contribution in [3.63, 3.8) is 0 Å². The van der Waals surface area contributed by atoms with Gasteiger partial charge < -0.3 is 14.3 Å². The van der Waals surface area contributed by atoms with E-state index in [1.807, 2.05) is 24.3 Å². The molecule has 0 spiro atoms. The zero-order chi connectivity index (χ0) is 23.8. The van der Waals surface area contributed by atoms with Crippen molar-refractivity contribution >= 4 is 39.9 Å². The van der Waals surface area contributed by atoms with Gasteiger partial charge in [0.05, 0.1) is 21.7 Å². The van der Waals surface area contributed by atoms with E-state index in [4.69, 9.17) is 16.1 Å². The van der Waals surface area contributed by atoms with Crippen LogP contribution >= 0.6 is 11.6 Å². The lowest BCUT2D eigenvalue weighted by atomic mass is 10.0. The number of nitroso groups, excluding NO2 is 1. The van der Waals surface area contributed by atoms with Gasteiger partial charge in [-0.05, 0) is 19.1 Å². The SMILES string of the molecule is Cc1onc(-c2cccc3nccnc23)c1C(=O)N1CCN(c2ccc([N+](C)=O)cc2Cl)CC1. The molecular formula is C24H22ClN6O3+. The third kappa shape index (κ3) is 3.88. The van der Waals surface area contributed by atoms with E-state index in [2.05, 4.69) is 20.0 Å². The first kappa shape index (κ1) is 22.0. The van der Waals surface area contributed by atoms with Crippen molar-refractivity contribution in [1.82, 2.24) is 20.0 Å². The molecule has 1 saturated heterocycles. The molecule has 0 atom stereocenters. The summed E-state index contributed by atoms with van der Waals surface area (Å²) in [5, 5.41) is 4.71. The van der Waals surface area contributed by atoms with Crippen LogP contribution in [-0.4, -0.2) is 63.9 Å². The molecule has 2 aromatic carbocycles. The van der Waals surface area contributed by atoms with Crippen LogP contribution in [0.1, 0.15) is 16.1 Å². The summed E-state index contributed by atoms with van der Waals surface area (Å²) in [7, 11) is 1.43. The summed E-state index contributed by atoms with van der Waals surface area (Å²) in [5.41, 5.74) is 4.34. The fourth-order valence-electron chi connectivity index (χ4n) is 4.25. The summed E-state index contributed by atoms with van der Waals surface area (Å²) in [6.07, 6.45) is 3.25. The maximum atomic E-state index is 13.5. The van der Waals surface area contributed by atoms with Crippen molar-refractivity contribution < 1.29 is 14.1 Å². The lowest BCUT2D eigenvalue weighted by Gasteiger charge is -2.36. The molecule has 0 unspecified atom stereocenters. The number of nitrogens with zero attached hydrogens (tertiary/aromatic N) is 6. The molecule has 1 aliphatic rings. The molecular weight excluding hydrogens is 456 g/mol. The van der Waals surface area contributed by atoms with Gasteiger partial charge in [0, 0.05) is 65.9 Å². The molecule has 4 aromatic rings. The minimum Gasteiger partial charge on any atom is -0.367 e. The maximum Gasteiger partial charge on any atom is 0.259 e. The molecule has 2 aromatic heterocycles. The number of carbonyl (C=O) groups excluding carboxylic acids is 1. The molecule has 9 nitrogen and oxygen atoms in total. The summed E-state index contributed by atoms with van der Waals surface area (Å²) in [4.78, 5) is 37.8. The number of rotatable bonds is 4. The van der Waals surface area contributed by atoms with Crippen molar-refractivity contribution in [2.45, 2.75) is 6.92 Å². The highest BCUT2D eigenvalue weighted by molar-refractivity contribution is 6.33. The lowest BCUT2D eigenvalue weighted by Crippen LogP contribution is -2.49. The number of carbonyl (C=O) groups is 1. The molecule has 0 saturated carbocycles. The van der Waals surface area contributed by atoms with Gasteiger partial charge >= 0.3 is 0 Å². The number of anilines is 1. The van der Waals surface area contributed by atoms with Crippen LogP contribution in [0.4, 0.5) is 11.4 Å². The van der Waals surface area contributed by atoms with Gasteiger partial charge in [0.25, 0.3) is 11.6 Å². The first-order valence-corrected chi connectivity index (χ1v) is 11.2. The van der Waals surface area contributed by atoms with Crippen LogP contribution in [0.25, 0.3) is 22.3 Å². The van der Waals surface area contributed by atoms with E-state index in [9.17, 15) is 9.70 Å². The highest BCUT2D eigenvalue weighted by Crippen LogP contribution is 2.33. The van der Waals surface area contributed by atoms with E-state index < -0.39 is 0 Å². The van der Waals surface area contributed by atoms with Gasteiger partial charge in [-0.15, -0.1) is 0 Å². The molecule has 0 N–H and O–H groups in total. The molecule has 172 valence electrons. The van der Waals surface area contributed by atoms with Crippen LogP contribution in [0, 0.1) is 11.8 Å². The third-order valence-corrected chi connectivity index (χ3v) is 6.34. The first-order chi connectivity index (χ1) is 16.4. The predicted octanol–water partition coefficient (Wildman–Crippen LogP) is 4.25. The second-order valence-electron chi connectivity index (χ2n) is 8.10. The Morgan fingerprint density at radius 2 is 1.85 bits per heavy atom. The van der Waals surface area contributed by atoms with Crippen molar-refractivity contribution in [2.75, 3.05) is 38.1 Å². The predicted molar refractivity (Wildman–Crippen MR) is 129 cm³/mol. The molecule has 0 radical (unpaired) electrons. The van der Waals surface area contributed by atoms with Crippen LogP contribution in [0.2, 0.25) is 5.02 Å². The molecule has 1 fully saturated rings. The van der Waals surface area contributed by atoms with Gasteiger partial charge in [0.15, 0.2) is 7.05 Å². The highest BCUT2D eigenvalue weighted by atomic mass is 35.5. The van der Waals surface area contributed by atoms with Gasteiger partial charge in [0.1, 0.15) is 17.0 Å². The minimum atomic E-state index is -0.135.